The van der Waals surface area contributed by atoms with E-state index in [-0.39, 0.29) is 11.9 Å². The molecule has 2 aliphatic rings. The third kappa shape index (κ3) is 1.81. The zero-order chi connectivity index (χ0) is 11.0. The largest absolute Gasteiger partial charge is 0.374 e. The third-order valence-electron chi connectivity index (χ3n) is 3.22. The highest BCUT2D eigenvalue weighted by Crippen LogP contribution is 2.42. The van der Waals surface area contributed by atoms with E-state index in [9.17, 15) is 0 Å². The van der Waals surface area contributed by atoms with Gasteiger partial charge in [-0.1, -0.05) is 6.42 Å². The summed E-state index contributed by atoms with van der Waals surface area (Å²) in [5, 5.41) is 0.489. The van der Waals surface area contributed by atoms with Gasteiger partial charge in [0.25, 0.3) is 0 Å². The minimum Gasteiger partial charge on any atom is -0.374 e. The fourth-order valence-corrected chi connectivity index (χ4v) is 2.89. The summed E-state index contributed by atoms with van der Waals surface area (Å²) >= 11 is 1.21. The Morgan fingerprint density at radius 1 is 1.31 bits per heavy atom. The molecule has 16 heavy (non-hydrogen) atoms. The summed E-state index contributed by atoms with van der Waals surface area (Å²) in [6.07, 6.45) is 5.48. The van der Waals surface area contributed by atoms with Crippen LogP contribution in [0.15, 0.2) is 0 Å². The van der Waals surface area contributed by atoms with Crippen molar-refractivity contribution >= 4 is 16.7 Å². The Hall–Kier alpha value is -0.720. The number of hydrogen-bond acceptors (Lipinski definition) is 6. The van der Waals surface area contributed by atoms with Gasteiger partial charge in [-0.15, -0.1) is 0 Å². The lowest BCUT2D eigenvalue weighted by Crippen LogP contribution is -2.32. The first-order chi connectivity index (χ1) is 7.77. The Morgan fingerprint density at radius 3 is 2.81 bits per heavy atom. The molecule has 1 aromatic heterocycles. The van der Waals surface area contributed by atoms with Crippen LogP contribution >= 0.6 is 11.5 Å². The molecule has 0 radical (unpaired) electrons. The molecule has 2 fully saturated rings. The van der Waals surface area contributed by atoms with Gasteiger partial charge >= 0.3 is 0 Å². The van der Waals surface area contributed by atoms with Gasteiger partial charge in [0.1, 0.15) is 6.10 Å². The highest BCUT2D eigenvalue weighted by atomic mass is 32.1. The summed E-state index contributed by atoms with van der Waals surface area (Å²) in [5.74, 6) is 0.313. The standard InChI is InChI=1S/C10H15N3O2S/c11-9-12-8(13-16-9)7-6-14-10(15-7)4-2-1-3-5-10/h7H,1-6H2,(H2,11,12,13). The van der Waals surface area contributed by atoms with Gasteiger partial charge < -0.3 is 15.2 Å². The minimum atomic E-state index is -0.358. The second kappa shape index (κ2) is 3.94. The molecule has 0 aromatic carbocycles. The van der Waals surface area contributed by atoms with Crippen LogP contribution in [0.3, 0.4) is 0 Å². The fourth-order valence-electron chi connectivity index (χ4n) is 2.41. The zero-order valence-electron chi connectivity index (χ0n) is 9.02. The van der Waals surface area contributed by atoms with Crippen molar-refractivity contribution in [1.29, 1.82) is 0 Å². The smallest absolute Gasteiger partial charge is 0.200 e. The number of aromatic nitrogens is 2. The van der Waals surface area contributed by atoms with Crippen LogP contribution in [0.4, 0.5) is 5.13 Å². The molecular weight excluding hydrogens is 226 g/mol. The lowest BCUT2D eigenvalue weighted by molar-refractivity contribution is -0.188. The maximum Gasteiger partial charge on any atom is 0.200 e. The van der Waals surface area contributed by atoms with Gasteiger partial charge in [0.2, 0.25) is 0 Å². The predicted octanol–water partition coefficient (Wildman–Crippen LogP) is 1.87. The van der Waals surface area contributed by atoms with Crippen molar-refractivity contribution < 1.29 is 9.47 Å². The Morgan fingerprint density at radius 2 is 2.12 bits per heavy atom. The topological polar surface area (TPSA) is 70.3 Å². The van der Waals surface area contributed by atoms with Gasteiger partial charge in [-0.25, -0.2) is 4.98 Å². The normalized spacial score (nSPS) is 28.6. The molecule has 1 unspecified atom stereocenters. The molecule has 1 aromatic rings. The van der Waals surface area contributed by atoms with Gasteiger partial charge in [-0.2, -0.15) is 4.37 Å². The molecule has 1 saturated heterocycles. The van der Waals surface area contributed by atoms with Gasteiger partial charge in [-0.3, -0.25) is 0 Å². The van der Waals surface area contributed by atoms with Crippen LogP contribution in [0.2, 0.25) is 0 Å². The zero-order valence-corrected chi connectivity index (χ0v) is 9.83. The average Bonchev–Trinajstić information content (AvgIpc) is 2.87. The lowest BCUT2D eigenvalue weighted by Gasteiger charge is -2.31. The van der Waals surface area contributed by atoms with Gasteiger partial charge in [0, 0.05) is 24.4 Å². The van der Waals surface area contributed by atoms with Crippen LogP contribution < -0.4 is 5.73 Å². The molecule has 2 N–H and O–H groups in total. The first kappa shape index (κ1) is 10.4. The van der Waals surface area contributed by atoms with Crippen LogP contribution in [-0.4, -0.2) is 21.8 Å². The maximum atomic E-state index is 5.99. The summed E-state index contributed by atoms with van der Waals surface area (Å²) in [6, 6.07) is 0. The molecule has 1 aliphatic heterocycles. The third-order valence-corrected chi connectivity index (χ3v) is 3.77. The Balaban J connectivity index is 1.72. The molecule has 1 spiro atoms. The molecule has 6 heteroatoms. The van der Waals surface area contributed by atoms with E-state index in [2.05, 4.69) is 9.36 Å². The summed E-state index contributed by atoms with van der Waals surface area (Å²) in [4.78, 5) is 4.15. The van der Waals surface area contributed by atoms with Crippen molar-refractivity contribution in [2.45, 2.75) is 44.0 Å². The van der Waals surface area contributed by atoms with Crippen molar-refractivity contribution in [3.8, 4) is 0 Å². The molecular formula is C10H15N3O2S. The van der Waals surface area contributed by atoms with Crippen molar-refractivity contribution in [1.82, 2.24) is 9.36 Å². The van der Waals surface area contributed by atoms with Crippen LogP contribution in [0, 0.1) is 0 Å². The number of hydrogen-bond donors (Lipinski definition) is 1. The quantitative estimate of drug-likeness (QED) is 0.812. The molecule has 1 saturated carbocycles. The van der Waals surface area contributed by atoms with Crippen molar-refractivity contribution in [3.63, 3.8) is 0 Å². The maximum absolute atomic E-state index is 5.99. The Bertz CT molecular complexity index is 376. The van der Waals surface area contributed by atoms with E-state index in [0.717, 1.165) is 12.8 Å². The Kier molecular flexibility index (Phi) is 2.57. The van der Waals surface area contributed by atoms with E-state index < -0.39 is 0 Å². The van der Waals surface area contributed by atoms with Gasteiger partial charge in [0.15, 0.2) is 16.7 Å². The highest BCUT2D eigenvalue weighted by molar-refractivity contribution is 7.09. The van der Waals surface area contributed by atoms with E-state index in [1.807, 2.05) is 0 Å². The minimum absolute atomic E-state index is 0.133. The van der Waals surface area contributed by atoms with Crippen LogP contribution in [-0.2, 0) is 9.47 Å². The van der Waals surface area contributed by atoms with Crippen molar-refractivity contribution in [2.75, 3.05) is 12.3 Å². The average molecular weight is 241 g/mol. The molecule has 1 aliphatic carbocycles. The van der Waals surface area contributed by atoms with E-state index in [4.69, 9.17) is 15.2 Å². The first-order valence-electron chi connectivity index (χ1n) is 5.68. The van der Waals surface area contributed by atoms with Gasteiger partial charge in [0.05, 0.1) is 6.61 Å². The van der Waals surface area contributed by atoms with Crippen molar-refractivity contribution in [2.24, 2.45) is 0 Å². The molecule has 0 bridgehead atoms. The molecule has 0 amide bonds. The number of anilines is 1. The van der Waals surface area contributed by atoms with Crippen molar-refractivity contribution in [3.05, 3.63) is 5.82 Å². The number of ether oxygens (including phenoxy) is 2. The fraction of sp³-hybridized carbons (Fsp3) is 0.800. The summed E-state index contributed by atoms with van der Waals surface area (Å²) < 4.78 is 16.0. The second-order valence-corrected chi connectivity index (χ2v) is 5.16. The van der Waals surface area contributed by atoms with Crippen LogP contribution in [0.5, 0.6) is 0 Å². The lowest BCUT2D eigenvalue weighted by atomic mass is 9.94. The van der Waals surface area contributed by atoms with Crippen LogP contribution in [0.1, 0.15) is 44.0 Å². The van der Waals surface area contributed by atoms with E-state index in [0.29, 0.717) is 17.6 Å². The highest BCUT2D eigenvalue weighted by Gasteiger charge is 2.43. The number of nitrogens with zero attached hydrogens (tertiary/aromatic N) is 2. The second-order valence-electron chi connectivity index (χ2n) is 4.38. The summed E-state index contributed by atoms with van der Waals surface area (Å²) in [7, 11) is 0. The summed E-state index contributed by atoms with van der Waals surface area (Å²) in [6.45, 7) is 0.552. The molecule has 5 nitrogen and oxygen atoms in total. The van der Waals surface area contributed by atoms with E-state index in [1.54, 1.807) is 0 Å². The van der Waals surface area contributed by atoms with Gasteiger partial charge in [-0.05, 0) is 12.8 Å². The van der Waals surface area contributed by atoms with E-state index >= 15 is 0 Å². The molecule has 88 valence electrons. The first-order valence-corrected chi connectivity index (χ1v) is 6.46. The monoisotopic (exact) mass is 241 g/mol. The van der Waals surface area contributed by atoms with E-state index in [1.165, 1.54) is 30.8 Å². The number of nitrogens with two attached hydrogens (primary N) is 1. The molecule has 1 atom stereocenters. The SMILES string of the molecule is Nc1nc(C2COC3(CCCCC3)O2)ns1. The predicted molar refractivity (Wildman–Crippen MR) is 59.9 cm³/mol. The number of rotatable bonds is 1. The number of nitrogen functional groups attached to an aromatic ring is 1. The molecule has 3 rings (SSSR count). The molecule has 2 heterocycles. The summed E-state index contributed by atoms with van der Waals surface area (Å²) in [5.41, 5.74) is 5.56. The Labute approximate surface area is 98.1 Å². The van der Waals surface area contributed by atoms with Crippen LogP contribution in [0.25, 0.3) is 0 Å².